The lowest BCUT2D eigenvalue weighted by molar-refractivity contribution is -0.119. The van der Waals surface area contributed by atoms with Gasteiger partial charge in [-0.05, 0) is 73.5 Å². The third kappa shape index (κ3) is 5.15. The molecule has 34 heavy (non-hydrogen) atoms. The van der Waals surface area contributed by atoms with Crippen molar-refractivity contribution in [2.24, 2.45) is 0 Å². The summed E-state index contributed by atoms with van der Waals surface area (Å²) in [6.45, 7) is 1.39. The lowest BCUT2D eigenvalue weighted by atomic mass is 10.1. The van der Waals surface area contributed by atoms with E-state index in [4.69, 9.17) is 34.8 Å². The lowest BCUT2D eigenvalue weighted by Crippen LogP contribution is -2.44. The van der Waals surface area contributed by atoms with Crippen LogP contribution in [0, 0.1) is 0 Å². The number of nitrogens with zero attached hydrogens (tertiary/aromatic N) is 2. The van der Waals surface area contributed by atoms with E-state index in [-0.39, 0.29) is 29.9 Å². The van der Waals surface area contributed by atoms with Crippen molar-refractivity contribution in [3.8, 4) is 0 Å². The van der Waals surface area contributed by atoms with Gasteiger partial charge in [0.25, 0.3) is 0 Å². The van der Waals surface area contributed by atoms with Crippen molar-refractivity contribution in [2.45, 2.75) is 30.8 Å². The fraction of sp³-hybridized carbons (Fsp3) is 0.208. The van der Waals surface area contributed by atoms with Gasteiger partial charge in [-0.2, -0.15) is 4.31 Å². The van der Waals surface area contributed by atoms with Crippen LogP contribution in [-0.4, -0.2) is 31.2 Å². The fourth-order valence-electron chi connectivity index (χ4n) is 4.05. The highest BCUT2D eigenvalue weighted by Gasteiger charge is 2.35. The molecular weight excluding hydrogens is 583 g/mol. The Morgan fingerprint density at radius 2 is 1.71 bits per heavy atom. The molecule has 3 aromatic carbocycles. The minimum absolute atomic E-state index is 0.0201. The van der Waals surface area contributed by atoms with E-state index in [0.717, 1.165) is 20.0 Å². The molecule has 0 saturated heterocycles. The monoisotopic (exact) mass is 600 g/mol. The summed E-state index contributed by atoms with van der Waals surface area (Å²) >= 11 is 22.1. The van der Waals surface area contributed by atoms with Crippen molar-refractivity contribution in [3.63, 3.8) is 0 Å². The second kappa shape index (κ2) is 10.2. The van der Waals surface area contributed by atoms with Gasteiger partial charge < -0.3 is 4.90 Å². The quantitative estimate of drug-likeness (QED) is 0.320. The molecule has 3 aromatic rings. The summed E-state index contributed by atoms with van der Waals surface area (Å²) in [7, 11) is -4.07. The molecule has 0 fully saturated rings. The van der Waals surface area contributed by atoms with Crippen molar-refractivity contribution in [1.29, 1.82) is 0 Å². The molecule has 0 aliphatic carbocycles. The van der Waals surface area contributed by atoms with Crippen LogP contribution in [0.3, 0.4) is 0 Å². The third-order valence-corrected chi connectivity index (χ3v) is 8.94. The molecule has 0 spiro atoms. The van der Waals surface area contributed by atoms with E-state index in [1.165, 1.54) is 24.3 Å². The Labute approximate surface area is 222 Å². The van der Waals surface area contributed by atoms with Gasteiger partial charge in [0.1, 0.15) is 0 Å². The van der Waals surface area contributed by atoms with Crippen LogP contribution in [0.1, 0.15) is 18.1 Å². The molecule has 10 heteroatoms. The Kier molecular flexibility index (Phi) is 7.62. The van der Waals surface area contributed by atoms with E-state index in [1.54, 1.807) is 23.1 Å². The molecule has 0 unspecified atom stereocenters. The largest absolute Gasteiger partial charge is 0.308 e. The molecule has 0 saturated carbocycles. The minimum atomic E-state index is -4.07. The summed E-state index contributed by atoms with van der Waals surface area (Å²) in [6.07, 6.45) is 0.681. The molecule has 0 N–H and O–H groups in total. The number of carbonyl (C=O) groups is 1. The van der Waals surface area contributed by atoms with Gasteiger partial charge in [-0.15, -0.1) is 0 Å². The van der Waals surface area contributed by atoms with Gasteiger partial charge in [0, 0.05) is 43.4 Å². The van der Waals surface area contributed by atoms with Crippen LogP contribution in [-0.2, 0) is 27.8 Å². The summed E-state index contributed by atoms with van der Waals surface area (Å²) in [5, 5.41) is 1.05. The number of sulfonamides is 1. The first kappa shape index (κ1) is 25.5. The molecule has 178 valence electrons. The zero-order chi connectivity index (χ0) is 24.6. The van der Waals surface area contributed by atoms with E-state index >= 15 is 0 Å². The van der Waals surface area contributed by atoms with Gasteiger partial charge in [0.2, 0.25) is 15.9 Å². The normalized spacial score (nSPS) is 15.6. The topological polar surface area (TPSA) is 57.7 Å². The molecule has 1 atom stereocenters. The first-order valence-electron chi connectivity index (χ1n) is 10.4. The average Bonchev–Trinajstić information content (AvgIpc) is 3.10. The van der Waals surface area contributed by atoms with Crippen molar-refractivity contribution in [1.82, 2.24) is 4.31 Å². The van der Waals surface area contributed by atoms with Crippen LogP contribution in [0.25, 0.3) is 0 Å². The Morgan fingerprint density at radius 1 is 1.06 bits per heavy atom. The number of hydrogen-bond donors (Lipinski definition) is 0. The highest BCUT2D eigenvalue weighted by Crippen LogP contribution is 2.35. The number of hydrogen-bond acceptors (Lipinski definition) is 3. The number of halogens is 4. The number of fused-ring (bicyclic) bond motifs is 1. The van der Waals surface area contributed by atoms with E-state index in [9.17, 15) is 13.2 Å². The number of rotatable bonds is 6. The number of carbonyl (C=O) groups excluding carboxylic acids is 1. The maximum absolute atomic E-state index is 13.6. The zero-order valence-corrected chi connectivity index (χ0v) is 22.7. The summed E-state index contributed by atoms with van der Waals surface area (Å²) < 4.78 is 29.3. The standard InChI is InChI=1S/C24H20BrCl3N2O3S/c1-15-11-16-12-17(25)5-10-23(16)30(15)24(31)14-29(13-20-21(27)3-2-4-22(20)28)34(32,33)19-8-6-18(26)7-9-19/h2-10,12,15H,11,13-14H2,1H3/t15-/m1/s1. The van der Waals surface area contributed by atoms with Crippen LogP contribution < -0.4 is 4.90 Å². The van der Waals surface area contributed by atoms with Crippen molar-refractivity contribution in [3.05, 3.63) is 91.3 Å². The van der Waals surface area contributed by atoms with Crippen LogP contribution in [0.15, 0.2) is 70.0 Å². The van der Waals surface area contributed by atoms with E-state index in [1.807, 2.05) is 25.1 Å². The highest BCUT2D eigenvalue weighted by molar-refractivity contribution is 9.10. The van der Waals surface area contributed by atoms with E-state index < -0.39 is 10.0 Å². The molecule has 0 bridgehead atoms. The molecule has 5 nitrogen and oxygen atoms in total. The zero-order valence-electron chi connectivity index (χ0n) is 18.0. The molecule has 1 heterocycles. The number of amides is 1. The van der Waals surface area contributed by atoms with Gasteiger partial charge in [0.05, 0.1) is 11.4 Å². The predicted octanol–water partition coefficient (Wildman–Crippen LogP) is 6.58. The lowest BCUT2D eigenvalue weighted by Gasteiger charge is -2.28. The average molecular weight is 603 g/mol. The molecule has 1 aliphatic heterocycles. The van der Waals surface area contributed by atoms with Crippen molar-refractivity contribution < 1.29 is 13.2 Å². The summed E-state index contributed by atoms with van der Waals surface area (Å²) in [5.74, 6) is -0.339. The van der Waals surface area contributed by atoms with Crippen LogP contribution in [0.5, 0.6) is 0 Å². The van der Waals surface area contributed by atoms with Crippen molar-refractivity contribution >= 4 is 72.4 Å². The van der Waals surface area contributed by atoms with Gasteiger partial charge in [-0.25, -0.2) is 8.42 Å². The first-order chi connectivity index (χ1) is 16.1. The minimum Gasteiger partial charge on any atom is -0.308 e. The van der Waals surface area contributed by atoms with Gasteiger partial charge in [0.15, 0.2) is 0 Å². The Balaban J connectivity index is 1.71. The van der Waals surface area contributed by atoms with Crippen LogP contribution in [0.4, 0.5) is 5.69 Å². The highest BCUT2D eigenvalue weighted by atomic mass is 79.9. The summed E-state index contributed by atoms with van der Waals surface area (Å²) in [5.41, 5.74) is 2.23. The Hall–Kier alpha value is -1.61. The molecular formula is C24H20BrCl3N2O3S. The van der Waals surface area contributed by atoms with Crippen LogP contribution >= 0.6 is 50.7 Å². The van der Waals surface area contributed by atoms with Gasteiger partial charge in [-0.3, -0.25) is 4.79 Å². The smallest absolute Gasteiger partial charge is 0.243 e. The van der Waals surface area contributed by atoms with E-state index in [0.29, 0.717) is 27.1 Å². The second-order valence-electron chi connectivity index (χ2n) is 8.02. The molecule has 1 aliphatic rings. The molecule has 0 aromatic heterocycles. The summed E-state index contributed by atoms with van der Waals surface area (Å²) in [4.78, 5) is 15.2. The van der Waals surface area contributed by atoms with Crippen molar-refractivity contribution in [2.75, 3.05) is 11.4 Å². The van der Waals surface area contributed by atoms with Gasteiger partial charge in [-0.1, -0.05) is 56.8 Å². The van der Waals surface area contributed by atoms with Gasteiger partial charge >= 0.3 is 0 Å². The molecule has 4 rings (SSSR count). The number of benzene rings is 3. The van der Waals surface area contributed by atoms with Crippen LogP contribution in [0.2, 0.25) is 15.1 Å². The predicted molar refractivity (Wildman–Crippen MR) is 140 cm³/mol. The maximum atomic E-state index is 13.6. The molecule has 0 radical (unpaired) electrons. The fourth-order valence-corrected chi connectivity index (χ4v) is 6.46. The Bertz CT molecular complexity index is 1330. The second-order valence-corrected chi connectivity index (χ2v) is 12.1. The van der Waals surface area contributed by atoms with E-state index in [2.05, 4.69) is 15.9 Å². The summed E-state index contributed by atoms with van der Waals surface area (Å²) in [6, 6.07) is 16.4. The SMILES string of the molecule is C[C@@H]1Cc2cc(Br)ccc2N1C(=O)CN(Cc1c(Cl)cccc1Cl)S(=O)(=O)c1ccc(Cl)cc1. The Morgan fingerprint density at radius 3 is 2.35 bits per heavy atom. The number of anilines is 1. The maximum Gasteiger partial charge on any atom is 0.243 e. The molecule has 1 amide bonds. The first-order valence-corrected chi connectivity index (χ1v) is 13.7. The third-order valence-electron chi connectivity index (χ3n) is 5.69.